The minimum Gasteiger partial charge on any atom is -0.375 e. The van der Waals surface area contributed by atoms with Crippen molar-refractivity contribution in [1.29, 1.82) is 0 Å². The van der Waals surface area contributed by atoms with E-state index in [-0.39, 0.29) is 12.1 Å². The van der Waals surface area contributed by atoms with E-state index in [1.165, 1.54) is 11.1 Å². The molecule has 1 aliphatic rings. The maximum absolute atomic E-state index is 5.80. The molecule has 2 N–H and O–H groups in total. The number of hydrogen-bond donors (Lipinski definition) is 1. The van der Waals surface area contributed by atoms with Crippen LogP contribution in [0, 0.1) is 0 Å². The highest BCUT2D eigenvalue weighted by Gasteiger charge is 2.33. The Morgan fingerprint density at radius 2 is 2.14 bits per heavy atom. The van der Waals surface area contributed by atoms with Crippen molar-refractivity contribution in [1.82, 2.24) is 5.01 Å². The minimum absolute atomic E-state index is 0.112. The number of ether oxygens (including phenoxy) is 1. The lowest BCUT2D eigenvalue weighted by Crippen LogP contribution is -2.40. The van der Waals surface area contributed by atoms with Crippen molar-refractivity contribution < 1.29 is 4.74 Å². The van der Waals surface area contributed by atoms with Gasteiger partial charge in [-0.05, 0) is 17.5 Å². The van der Waals surface area contributed by atoms with Gasteiger partial charge in [-0.25, -0.2) is 5.01 Å². The summed E-state index contributed by atoms with van der Waals surface area (Å²) < 4.78 is 5.49. The number of methoxy groups -OCH3 is 1. The number of hydrogen-bond acceptors (Lipinski definition) is 3. The molecule has 3 nitrogen and oxygen atoms in total. The predicted molar refractivity (Wildman–Crippen MR) is 55.6 cm³/mol. The molecule has 14 heavy (non-hydrogen) atoms. The average molecular weight is 192 g/mol. The number of likely N-dealkylation sites (N-methyl/N-ethyl adjacent to an activating group) is 1. The van der Waals surface area contributed by atoms with Crippen LogP contribution < -0.4 is 5.84 Å². The van der Waals surface area contributed by atoms with Gasteiger partial charge in [0.05, 0.1) is 12.1 Å². The van der Waals surface area contributed by atoms with Crippen molar-refractivity contribution >= 4 is 0 Å². The van der Waals surface area contributed by atoms with Crippen LogP contribution in [0.3, 0.4) is 0 Å². The predicted octanol–water partition coefficient (Wildman–Crippen LogP) is 1.10. The summed E-state index contributed by atoms with van der Waals surface area (Å²) in [5, 5.41) is 1.74. The van der Waals surface area contributed by atoms with Crippen LogP contribution in [0.15, 0.2) is 24.3 Å². The molecule has 0 aliphatic heterocycles. The van der Waals surface area contributed by atoms with Gasteiger partial charge >= 0.3 is 0 Å². The molecule has 76 valence electrons. The van der Waals surface area contributed by atoms with Crippen molar-refractivity contribution in [3.8, 4) is 0 Å². The molecule has 0 amide bonds. The highest BCUT2D eigenvalue weighted by Crippen LogP contribution is 2.35. The summed E-state index contributed by atoms with van der Waals surface area (Å²) in [6.45, 7) is 0. The molecule has 0 heterocycles. The molecule has 2 rings (SSSR count). The van der Waals surface area contributed by atoms with E-state index >= 15 is 0 Å². The Morgan fingerprint density at radius 1 is 1.43 bits per heavy atom. The summed E-state index contributed by atoms with van der Waals surface area (Å²) in [7, 11) is 3.63. The summed E-state index contributed by atoms with van der Waals surface area (Å²) in [5.74, 6) is 5.80. The van der Waals surface area contributed by atoms with Crippen LogP contribution in [0.2, 0.25) is 0 Å². The summed E-state index contributed by atoms with van der Waals surface area (Å²) in [6.07, 6.45) is 1.09. The van der Waals surface area contributed by atoms with Crippen LogP contribution in [-0.4, -0.2) is 25.2 Å². The Bertz CT molecular complexity index is 325. The second-order valence-corrected chi connectivity index (χ2v) is 3.79. The number of nitrogens with zero attached hydrogens (tertiary/aromatic N) is 1. The van der Waals surface area contributed by atoms with Gasteiger partial charge in [0.25, 0.3) is 0 Å². The molecular formula is C11H16N2O. The lowest BCUT2D eigenvalue weighted by atomic mass is 10.1. The Balaban J connectivity index is 2.34. The zero-order chi connectivity index (χ0) is 10.1. The van der Waals surface area contributed by atoms with Crippen molar-refractivity contribution in [2.75, 3.05) is 14.2 Å². The molecule has 1 aliphatic carbocycles. The van der Waals surface area contributed by atoms with Crippen LogP contribution in [0.5, 0.6) is 0 Å². The van der Waals surface area contributed by atoms with Gasteiger partial charge in [-0.3, -0.25) is 5.84 Å². The summed E-state index contributed by atoms with van der Waals surface area (Å²) in [4.78, 5) is 0. The molecule has 1 aromatic rings. The van der Waals surface area contributed by atoms with Crippen molar-refractivity contribution in [2.24, 2.45) is 5.84 Å². The highest BCUT2D eigenvalue weighted by molar-refractivity contribution is 5.36. The van der Waals surface area contributed by atoms with Crippen molar-refractivity contribution in [3.05, 3.63) is 35.4 Å². The zero-order valence-electron chi connectivity index (χ0n) is 8.60. The molecule has 0 fully saturated rings. The summed E-state index contributed by atoms with van der Waals surface area (Å²) in [5.41, 5.74) is 2.62. The van der Waals surface area contributed by atoms with Crippen molar-refractivity contribution in [2.45, 2.75) is 18.6 Å². The number of benzene rings is 1. The Labute approximate surface area is 84.4 Å². The second kappa shape index (κ2) is 3.69. The molecule has 0 spiro atoms. The first-order chi connectivity index (χ1) is 6.74. The SMILES string of the molecule is COC1c2ccccc2C[C@@H]1N(C)N. The van der Waals surface area contributed by atoms with Gasteiger partial charge in [0.1, 0.15) is 0 Å². The van der Waals surface area contributed by atoms with Gasteiger partial charge < -0.3 is 4.74 Å². The Kier molecular flexibility index (Phi) is 2.54. The molecule has 3 heteroatoms. The lowest BCUT2D eigenvalue weighted by Gasteiger charge is -2.24. The largest absolute Gasteiger partial charge is 0.375 e. The third kappa shape index (κ3) is 1.43. The highest BCUT2D eigenvalue weighted by atomic mass is 16.5. The van der Waals surface area contributed by atoms with Gasteiger partial charge in [0.15, 0.2) is 0 Å². The smallest absolute Gasteiger partial charge is 0.0995 e. The standard InChI is InChI=1S/C11H16N2O/c1-13(12)10-7-8-5-3-4-6-9(8)11(10)14-2/h3-6,10-11H,7,12H2,1-2H3/t10-,11?/m0/s1. The second-order valence-electron chi connectivity index (χ2n) is 3.79. The van der Waals surface area contributed by atoms with Gasteiger partial charge in [-0.15, -0.1) is 0 Å². The molecule has 1 unspecified atom stereocenters. The van der Waals surface area contributed by atoms with Crippen LogP contribution in [0.1, 0.15) is 17.2 Å². The summed E-state index contributed by atoms with van der Waals surface area (Å²) >= 11 is 0. The van der Waals surface area contributed by atoms with Crippen LogP contribution in [0.25, 0.3) is 0 Å². The van der Waals surface area contributed by atoms with E-state index in [4.69, 9.17) is 10.6 Å². The molecule has 0 saturated carbocycles. The molecule has 0 aromatic heterocycles. The van der Waals surface area contributed by atoms with Crippen molar-refractivity contribution in [3.63, 3.8) is 0 Å². The van der Waals surface area contributed by atoms with E-state index in [0.29, 0.717) is 0 Å². The van der Waals surface area contributed by atoms with Gasteiger partial charge in [-0.2, -0.15) is 0 Å². The van der Waals surface area contributed by atoms with Gasteiger partial charge in [0, 0.05) is 14.2 Å². The maximum atomic E-state index is 5.80. The molecule has 0 saturated heterocycles. The first-order valence-corrected chi connectivity index (χ1v) is 4.82. The van der Waals surface area contributed by atoms with E-state index in [0.717, 1.165) is 6.42 Å². The van der Waals surface area contributed by atoms with Crippen LogP contribution in [0.4, 0.5) is 0 Å². The molecule has 2 atom stereocenters. The lowest BCUT2D eigenvalue weighted by molar-refractivity contribution is 0.0336. The van der Waals surface area contributed by atoms with E-state index in [2.05, 4.69) is 18.2 Å². The van der Waals surface area contributed by atoms with E-state index in [9.17, 15) is 0 Å². The third-order valence-electron chi connectivity index (χ3n) is 2.92. The minimum atomic E-state index is 0.112. The van der Waals surface area contributed by atoms with E-state index in [1.807, 2.05) is 13.1 Å². The van der Waals surface area contributed by atoms with Crippen LogP contribution >= 0.6 is 0 Å². The molecule has 0 radical (unpaired) electrons. The molecular weight excluding hydrogens is 176 g/mol. The zero-order valence-corrected chi connectivity index (χ0v) is 8.60. The quantitative estimate of drug-likeness (QED) is 0.563. The van der Waals surface area contributed by atoms with Gasteiger partial charge in [0.2, 0.25) is 0 Å². The number of rotatable bonds is 2. The first kappa shape index (κ1) is 9.65. The van der Waals surface area contributed by atoms with E-state index in [1.54, 1.807) is 12.1 Å². The normalized spacial score (nSPS) is 25.4. The number of hydrazine groups is 1. The summed E-state index contributed by atoms with van der Waals surface area (Å²) in [6, 6.07) is 8.63. The third-order valence-corrected chi connectivity index (χ3v) is 2.92. The molecule has 1 aromatic carbocycles. The molecule has 0 bridgehead atoms. The fraction of sp³-hybridized carbons (Fsp3) is 0.455. The van der Waals surface area contributed by atoms with Crippen LogP contribution in [-0.2, 0) is 11.2 Å². The Hall–Kier alpha value is -0.900. The Morgan fingerprint density at radius 3 is 2.79 bits per heavy atom. The van der Waals surface area contributed by atoms with Gasteiger partial charge in [-0.1, -0.05) is 24.3 Å². The fourth-order valence-corrected chi connectivity index (χ4v) is 2.18. The fourth-order valence-electron chi connectivity index (χ4n) is 2.18. The van der Waals surface area contributed by atoms with E-state index < -0.39 is 0 Å². The topological polar surface area (TPSA) is 38.5 Å². The maximum Gasteiger partial charge on any atom is 0.0995 e. The average Bonchev–Trinajstić information content (AvgIpc) is 2.56. The number of nitrogens with two attached hydrogens (primary N) is 1. The first-order valence-electron chi connectivity index (χ1n) is 4.82. The monoisotopic (exact) mass is 192 g/mol. The number of fused-ring (bicyclic) bond motifs is 1.